The lowest BCUT2D eigenvalue weighted by Gasteiger charge is -2.33. The van der Waals surface area contributed by atoms with Gasteiger partial charge in [0.15, 0.2) is 0 Å². The Morgan fingerprint density at radius 3 is 2.17 bits per heavy atom. The van der Waals surface area contributed by atoms with Gasteiger partial charge in [0.1, 0.15) is 12.6 Å². The lowest BCUT2D eigenvalue weighted by atomic mass is 10.1. The first-order chi connectivity index (χ1) is 19.2. The van der Waals surface area contributed by atoms with Crippen molar-refractivity contribution in [2.45, 2.75) is 69.5 Å². The summed E-state index contributed by atoms with van der Waals surface area (Å²) >= 11 is 6.01. The number of carbonyl (C=O) groups excluding carboxylic acids is 2. The second kappa shape index (κ2) is 13.3. The van der Waals surface area contributed by atoms with Crippen molar-refractivity contribution in [1.29, 1.82) is 0 Å². The molecular formula is C31H36ClN3O4S. The van der Waals surface area contributed by atoms with Crippen LogP contribution in [0.2, 0.25) is 5.02 Å². The van der Waals surface area contributed by atoms with Crippen LogP contribution in [0.5, 0.6) is 0 Å². The summed E-state index contributed by atoms with van der Waals surface area (Å²) in [6.07, 6.45) is 4.39. The first kappa shape index (κ1) is 29.6. The number of anilines is 1. The van der Waals surface area contributed by atoms with Crippen molar-refractivity contribution >= 4 is 39.1 Å². The summed E-state index contributed by atoms with van der Waals surface area (Å²) in [5, 5.41) is 3.53. The standard InChI is InChI=1S/C31H36ClN3O4S/c1-3-29(31(37)33-26-11-7-8-12-26)34(21-24-9-5-4-6-10-24)30(36)22-35(27-17-13-23(2)14-18-27)40(38,39)28-19-15-25(32)16-20-28/h4-6,9-10,13-20,26,29H,3,7-8,11-12,21-22H2,1-2H3,(H,33,37)/t29-/m1/s1. The highest BCUT2D eigenvalue weighted by molar-refractivity contribution is 7.92. The van der Waals surface area contributed by atoms with E-state index in [1.54, 1.807) is 24.3 Å². The molecule has 0 radical (unpaired) electrons. The highest BCUT2D eigenvalue weighted by atomic mass is 35.5. The van der Waals surface area contributed by atoms with E-state index in [0.717, 1.165) is 41.1 Å². The number of carbonyl (C=O) groups is 2. The third-order valence-corrected chi connectivity index (χ3v) is 9.33. The van der Waals surface area contributed by atoms with E-state index >= 15 is 0 Å². The Morgan fingerprint density at radius 1 is 0.950 bits per heavy atom. The summed E-state index contributed by atoms with van der Waals surface area (Å²) in [5.74, 6) is -0.670. The number of rotatable bonds is 11. The molecule has 7 nitrogen and oxygen atoms in total. The van der Waals surface area contributed by atoms with Crippen molar-refractivity contribution in [2.75, 3.05) is 10.8 Å². The predicted octanol–water partition coefficient (Wildman–Crippen LogP) is 5.71. The number of hydrogen-bond donors (Lipinski definition) is 1. The topological polar surface area (TPSA) is 86.8 Å². The van der Waals surface area contributed by atoms with E-state index in [1.807, 2.05) is 44.2 Å². The molecule has 2 amide bonds. The quantitative estimate of drug-likeness (QED) is 0.314. The van der Waals surface area contributed by atoms with Gasteiger partial charge in [-0.15, -0.1) is 0 Å². The third kappa shape index (κ3) is 7.23. The van der Waals surface area contributed by atoms with Gasteiger partial charge < -0.3 is 10.2 Å². The first-order valence-electron chi connectivity index (χ1n) is 13.7. The third-order valence-electron chi connectivity index (χ3n) is 7.29. The van der Waals surface area contributed by atoms with Gasteiger partial charge in [-0.2, -0.15) is 0 Å². The Hall–Kier alpha value is -3.36. The van der Waals surface area contributed by atoms with Crippen LogP contribution < -0.4 is 9.62 Å². The number of nitrogens with zero attached hydrogens (tertiary/aromatic N) is 2. The van der Waals surface area contributed by atoms with Gasteiger partial charge in [-0.1, -0.05) is 79.4 Å². The van der Waals surface area contributed by atoms with E-state index in [4.69, 9.17) is 11.6 Å². The van der Waals surface area contributed by atoms with Crippen LogP contribution >= 0.6 is 11.6 Å². The molecule has 9 heteroatoms. The largest absolute Gasteiger partial charge is 0.352 e. The van der Waals surface area contributed by atoms with Crippen LogP contribution in [0, 0.1) is 6.92 Å². The average Bonchev–Trinajstić information content (AvgIpc) is 3.46. The second-order valence-electron chi connectivity index (χ2n) is 10.2. The highest BCUT2D eigenvalue weighted by Gasteiger charge is 2.34. The van der Waals surface area contributed by atoms with E-state index < -0.39 is 28.5 Å². The van der Waals surface area contributed by atoms with Crippen LogP contribution in [0.4, 0.5) is 5.69 Å². The highest BCUT2D eigenvalue weighted by Crippen LogP contribution is 2.26. The average molecular weight is 582 g/mol. The van der Waals surface area contributed by atoms with Crippen molar-refractivity contribution in [3.8, 4) is 0 Å². The van der Waals surface area contributed by atoms with Crippen LogP contribution in [-0.4, -0.2) is 43.8 Å². The molecule has 40 heavy (non-hydrogen) atoms. The zero-order chi connectivity index (χ0) is 28.7. The lowest BCUT2D eigenvalue weighted by Crippen LogP contribution is -2.53. The summed E-state index contributed by atoms with van der Waals surface area (Å²) in [5.41, 5.74) is 2.17. The fourth-order valence-corrected chi connectivity index (χ4v) is 6.58. The summed E-state index contributed by atoms with van der Waals surface area (Å²) < 4.78 is 28.9. The number of benzene rings is 3. The van der Waals surface area contributed by atoms with Gasteiger partial charge in [-0.25, -0.2) is 8.42 Å². The molecule has 0 spiro atoms. The Morgan fingerprint density at radius 2 is 1.57 bits per heavy atom. The van der Waals surface area contributed by atoms with Crippen LogP contribution in [0.3, 0.4) is 0 Å². The van der Waals surface area contributed by atoms with Gasteiger partial charge in [-0.3, -0.25) is 13.9 Å². The molecule has 0 unspecified atom stereocenters. The summed E-state index contributed by atoms with van der Waals surface area (Å²) in [7, 11) is -4.13. The van der Waals surface area contributed by atoms with E-state index in [2.05, 4.69) is 5.32 Å². The Balaban J connectivity index is 1.69. The van der Waals surface area contributed by atoms with Gasteiger partial charge >= 0.3 is 0 Å². The van der Waals surface area contributed by atoms with Crippen LogP contribution in [0.25, 0.3) is 0 Å². The smallest absolute Gasteiger partial charge is 0.264 e. The maximum absolute atomic E-state index is 14.1. The number of sulfonamides is 1. The maximum Gasteiger partial charge on any atom is 0.264 e. The van der Waals surface area contributed by atoms with E-state index in [-0.39, 0.29) is 23.4 Å². The van der Waals surface area contributed by atoms with Crippen molar-refractivity contribution in [3.05, 3.63) is 95.0 Å². The summed E-state index contributed by atoms with van der Waals surface area (Å²) in [6, 6.07) is 21.6. The molecule has 1 aliphatic rings. The molecule has 1 saturated carbocycles. The molecule has 3 aromatic rings. The number of halogens is 1. The van der Waals surface area contributed by atoms with Crippen molar-refractivity contribution in [3.63, 3.8) is 0 Å². The molecule has 212 valence electrons. The lowest BCUT2D eigenvalue weighted by molar-refractivity contribution is -0.140. The van der Waals surface area contributed by atoms with Crippen LogP contribution in [0.15, 0.2) is 83.8 Å². The van der Waals surface area contributed by atoms with Gasteiger partial charge in [0.25, 0.3) is 10.0 Å². The molecule has 1 fully saturated rings. The molecular weight excluding hydrogens is 546 g/mol. The number of hydrogen-bond acceptors (Lipinski definition) is 4. The molecule has 3 aromatic carbocycles. The van der Waals surface area contributed by atoms with Gasteiger partial charge in [0.05, 0.1) is 10.6 Å². The molecule has 0 heterocycles. The maximum atomic E-state index is 14.1. The van der Waals surface area contributed by atoms with E-state index in [1.165, 1.54) is 29.2 Å². The van der Waals surface area contributed by atoms with Crippen molar-refractivity contribution in [2.24, 2.45) is 0 Å². The van der Waals surface area contributed by atoms with Crippen LogP contribution in [0.1, 0.15) is 50.2 Å². The minimum absolute atomic E-state index is 0.0194. The first-order valence-corrected chi connectivity index (χ1v) is 15.5. The zero-order valence-corrected chi connectivity index (χ0v) is 24.5. The van der Waals surface area contributed by atoms with Crippen LogP contribution in [-0.2, 0) is 26.2 Å². The minimum Gasteiger partial charge on any atom is -0.352 e. The molecule has 0 saturated heterocycles. The number of nitrogens with one attached hydrogen (secondary N) is 1. The monoisotopic (exact) mass is 581 g/mol. The Kier molecular flexibility index (Phi) is 9.87. The van der Waals surface area contributed by atoms with Gasteiger partial charge in [-0.05, 0) is 68.1 Å². The Labute approximate surface area is 242 Å². The summed E-state index contributed by atoms with van der Waals surface area (Å²) in [4.78, 5) is 29.1. The SMILES string of the molecule is CC[C@H](C(=O)NC1CCCC1)N(Cc1ccccc1)C(=O)CN(c1ccc(C)cc1)S(=O)(=O)c1ccc(Cl)cc1. The molecule has 1 N–H and O–H groups in total. The Bertz CT molecular complexity index is 1390. The molecule has 1 aliphatic carbocycles. The van der Waals surface area contributed by atoms with E-state index in [9.17, 15) is 18.0 Å². The fraction of sp³-hybridized carbons (Fsp3) is 0.355. The van der Waals surface area contributed by atoms with E-state index in [0.29, 0.717) is 17.1 Å². The molecule has 1 atom stereocenters. The number of amides is 2. The molecule has 0 bridgehead atoms. The zero-order valence-electron chi connectivity index (χ0n) is 22.9. The van der Waals surface area contributed by atoms with Crippen molar-refractivity contribution in [1.82, 2.24) is 10.2 Å². The second-order valence-corrected chi connectivity index (χ2v) is 12.5. The normalized spacial score (nSPS) is 14.5. The minimum atomic E-state index is -4.13. The molecule has 0 aromatic heterocycles. The van der Waals surface area contributed by atoms with Crippen molar-refractivity contribution < 1.29 is 18.0 Å². The van der Waals surface area contributed by atoms with Gasteiger partial charge in [0.2, 0.25) is 11.8 Å². The molecule has 0 aliphatic heterocycles. The summed E-state index contributed by atoms with van der Waals surface area (Å²) in [6.45, 7) is 3.49. The fourth-order valence-electron chi connectivity index (χ4n) is 5.04. The van der Waals surface area contributed by atoms with Gasteiger partial charge in [0, 0.05) is 17.6 Å². The predicted molar refractivity (Wildman–Crippen MR) is 159 cm³/mol. The molecule has 4 rings (SSSR count). The number of aryl methyl sites for hydroxylation is 1.